The van der Waals surface area contributed by atoms with Crippen molar-refractivity contribution in [3.05, 3.63) is 83.3 Å². The van der Waals surface area contributed by atoms with Crippen LogP contribution in [0.3, 0.4) is 0 Å². The van der Waals surface area contributed by atoms with Crippen molar-refractivity contribution in [3.63, 3.8) is 0 Å². The van der Waals surface area contributed by atoms with Crippen molar-refractivity contribution < 1.29 is 78.4 Å². The highest BCUT2D eigenvalue weighted by molar-refractivity contribution is 5.87. The number of nitrogens with two attached hydrogens (primary N) is 4. The zero-order valence-corrected chi connectivity index (χ0v) is 35.3. The molecule has 26 nitrogen and oxygen atoms in total. The quantitative estimate of drug-likeness (QED) is 0.0494. The Balaban J connectivity index is 1.39. The van der Waals surface area contributed by atoms with Crippen LogP contribution < -0.4 is 44.2 Å². The molecule has 0 aromatic heterocycles. The van der Waals surface area contributed by atoms with E-state index in [9.17, 15) is 59.4 Å². The Bertz CT molecular complexity index is 2040. The summed E-state index contributed by atoms with van der Waals surface area (Å²) in [6.45, 7) is 0.373. The Morgan fingerprint density at radius 3 is 1.23 bits per heavy atom. The summed E-state index contributed by atoms with van der Waals surface area (Å²) in [5.74, 6) is -6.63. The number of nitrogens with one attached hydrogen (secondary N) is 4. The summed E-state index contributed by atoms with van der Waals surface area (Å²) >= 11 is 0. The van der Waals surface area contributed by atoms with Crippen LogP contribution in [0, 0.1) is 0 Å². The molecular formula is C40H52N10O16. The van der Waals surface area contributed by atoms with Crippen LogP contribution in [0.25, 0.3) is 0 Å². The number of aryl methyl sites for hydroxylation is 2. The van der Waals surface area contributed by atoms with Crippen LogP contribution in [0.5, 0.6) is 0 Å². The Morgan fingerprint density at radius 2 is 0.955 bits per heavy atom. The number of aliphatic imine (C=N–C) groups is 2. The number of carbonyl (C=O) groups excluding carboxylic acids is 4. The Morgan fingerprint density at radius 1 is 0.621 bits per heavy atom. The van der Waals surface area contributed by atoms with Gasteiger partial charge in [-0.2, -0.15) is 0 Å². The number of anilines is 2. The van der Waals surface area contributed by atoms with E-state index in [4.69, 9.17) is 41.9 Å². The van der Waals surface area contributed by atoms with E-state index in [0.29, 0.717) is 12.8 Å². The van der Waals surface area contributed by atoms with Crippen molar-refractivity contribution in [2.45, 2.75) is 87.5 Å². The zero-order valence-electron chi connectivity index (χ0n) is 35.3. The lowest BCUT2D eigenvalue weighted by atomic mass is 9.92. The van der Waals surface area contributed by atoms with Gasteiger partial charge >= 0.3 is 24.1 Å². The topological polar surface area (TPSA) is 438 Å². The normalized spacial score (nSPS) is 21.7. The molecule has 2 aliphatic rings. The number of hydrogen-bond donors (Lipinski definition) is 14. The maximum Gasteiger partial charge on any atom is 0.412 e. The lowest BCUT2D eigenvalue weighted by Gasteiger charge is -2.39. The molecule has 0 saturated heterocycles. The molecule has 2 aromatic rings. The first kappa shape index (κ1) is 51.0. The Kier molecular flexibility index (Phi) is 18.0. The van der Waals surface area contributed by atoms with Crippen molar-refractivity contribution in [3.8, 4) is 0 Å². The number of rotatable bonds is 19. The number of aliphatic carboxylic acids is 2. The predicted octanol–water partition coefficient (Wildman–Crippen LogP) is -2.96. The highest BCUT2D eigenvalue weighted by atomic mass is 16.6. The minimum atomic E-state index is -1.82. The summed E-state index contributed by atoms with van der Waals surface area (Å²) in [5, 5.41) is 70.2. The predicted molar refractivity (Wildman–Crippen MR) is 230 cm³/mol. The fourth-order valence-corrected chi connectivity index (χ4v) is 6.87. The summed E-state index contributed by atoms with van der Waals surface area (Å²) < 4.78 is 21.9. The van der Waals surface area contributed by atoms with Gasteiger partial charge in [0, 0.05) is 25.2 Å². The molecule has 0 spiro atoms. The minimum Gasteiger partial charge on any atom is -0.477 e. The van der Waals surface area contributed by atoms with Gasteiger partial charge in [0.2, 0.25) is 23.3 Å². The van der Waals surface area contributed by atoms with E-state index in [0.717, 1.165) is 37.1 Å². The number of nitrogens with zero attached hydrogens (tertiary/aromatic N) is 2. The van der Waals surface area contributed by atoms with E-state index in [2.05, 4.69) is 31.3 Å². The van der Waals surface area contributed by atoms with Crippen molar-refractivity contribution in [2.75, 3.05) is 23.8 Å². The molecule has 2 aliphatic heterocycles. The second-order valence-electron chi connectivity index (χ2n) is 14.8. The first-order valence-electron chi connectivity index (χ1n) is 19.9. The summed E-state index contributed by atoms with van der Waals surface area (Å²) in [7, 11) is 0. The van der Waals surface area contributed by atoms with Crippen molar-refractivity contribution in [2.24, 2.45) is 32.9 Å². The van der Waals surface area contributed by atoms with E-state index >= 15 is 0 Å². The van der Waals surface area contributed by atoms with Gasteiger partial charge in [0.15, 0.2) is 36.3 Å². The van der Waals surface area contributed by atoms with Crippen LogP contribution >= 0.6 is 0 Å². The van der Waals surface area contributed by atoms with Crippen molar-refractivity contribution in [1.82, 2.24) is 10.6 Å². The van der Waals surface area contributed by atoms with Crippen molar-refractivity contribution >= 4 is 59.2 Å². The number of carbonyl (C=O) groups is 6. The Labute approximate surface area is 375 Å². The molecule has 0 radical (unpaired) electrons. The number of aliphatic hydroxyl groups is 4. The second-order valence-corrected chi connectivity index (χ2v) is 14.8. The third-order valence-electron chi connectivity index (χ3n) is 9.74. The third kappa shape index (κ3) is 14.4. The standard InChI is InChI=1S/C40H52N10O16/c1-17(53)45-29-23(49-37(41)42)13-27(35(57)58)63-33(29)31(25(55)15-51)65-39(61)47-21-9-5-19(6-10-21)3-4-20-7-11-22(12-8-20)48-40(62)66-32(26(56)16-52)34-30(46-18(2)54)24(50-38(43)44)14-28(64-34)36(59)60/h5-14,23-26,29-34,51-52,55-56H,3-4,15-16H2,1-2H3,(H,45,53)(H,46,54)(H,47,61)(H,48,62)(H,57,58)(H,59,60)(H4,41,42,49)(H4,43,44,50)/t23-,24-,25-,26+,29+,30+,31+,32+,33+,34+/m0/s1. The molecule has 0 bridgehead atoms. The highest BCUT2D eigenvalue weighted by Gasteiger charge is 2.48. The van der Waals surface area contributed by atoms with Gasteiger partial charge < -0.3 is 83.2 Å². The van der Waals surface area contributed by atoms with Gasteiger partial charge in [0.1, 0.15) is 12.2 Å². The lowest BCUT2D eigenvalue weighted by Crippen LogP contribution is -2.61. The largest absolute Gasteiger partial charge is 0.477 e. The third-order valence-corrected chi connectivity index (χ3v) is 9.74. The van der Waals surface area contributed by atoms with Crippen LogP contribution in [-0.4, -0.2) is 153 Å². The Hall–Kier alpha value is -7.68. The molecule has 0 fully saturated rings. The maximum absolute atomic E-state index is 13.1. The minimum absolute atomic E-state index is 0.248. The summed E-state index contributed by atoms with van der Waals surface area (Å²) in [6.07, 6.45) is -9.56. The number of ether oxygens (including phenoxy) is 4. The number of carboxylic acids is 2. The van der Waals surface area contributed by atoms with E-state index in [1.165, 1.54) is 0 Å². The van der Waals surface area contributed by atoms with Crippen LogP contribution in [0.1, 0.15) is 25.0 Å². The SMILES string of the molecule is CC(=O)N[C@H]1[C@H]([C@H](OC(=O)Nc2ccc(CCc3ccc(NC(=O)O[C@@H]([C@@H]4OC(C(=O)O)=C[C@H](N=C(N)N)[C@H]4NC(C)=O)[C@@H](O)CO)cc3)cc2)[C@H](O)CO)OC(C(=O)O)=C[C@@H]1N=C(N)N. The van der Waals surface area contributed by atoms with E-state index < -0.39 is 133 Å². The van der Waals surface area contributed by atoms with E-state index in [1.54, 1.807) is 48.5 Å². The molecule has 18 N–H and O–H groups in total. The number of carboxylic acid groups (broad SMARTS) is 2. The number of aliphatic hydroxyl groups excluding tert-OH is 4. The molecule has 66 heavy (non-hydrogen) atoms. The molecule has 0 aliphatic carbocycles. The lowest BCUT2D eigenvalue weighted by molar-refractivity contribution is -0.146. The molecule has 358 valence electrons. The van der Waals surface area contributed by atoms with E-state index in [-0.39, 0.29) is 11.4 Å². The molecule has 0 unspecified atom stereocenters. The molecule has 26 heteroatoms. The van der Waals surface area contributed by atoms with Gasteiger partial charge in [-0.3, -0.25) is 20.2 Å². The summed E-state index contributed by atoms with van der Waals surface area (Å²) in [6, 6.07) is 8.06. The van der Waals surface area contributed by atoms with Crippen LogP contribution in [0.2, 0.25) is 0 Å². The number of guanidine groups is 2. The molecule has 0 saturated carbocycles. The number of amides is 4. The molecule has 2 heterocycles. The summed E-state index contributed by atoms with van der Waals surface area (Å²) in [5.41, 5.74) is 24.2. The van der Waals surface area contributed by atoms with Crippen LogP contribution in [0.15, 0.2) is 82.2 Å². The molecular weight excluding hydrogens is 876 g/mol. The maximum atomic E-state index is 13.1. The first-order chi connectivity index (χ1) is 31.2. The number of hydrogen-bond acceptors (Lipinski definition) is 16. The van der Waals surface area contributed by atoms with Crippen molar-refractivity contribution in [1.29, 1.82) is 0 Å². The molecule has 10 atom stereocenters. The first-order valence-corrected chi connectivity index (χ1v) is 19.9. The fraction of sp³-hybridized carbons (Fsp3) is 0.400. The van der Waals surface area contributed by atoms with E-state index in [1.807, 2.05) is 0 Å². The van der Waals surface area contributed by atoms with Gasteiger partial charge in [-0.15, -0.1) is 0 Å². The van der Waals surface area contributed by atoms with Gasteiger partial charge in [0.05, 0.1) is 37.4 Å². The van der Waals surface area contributed by atoms with Gasteiger partial charge in [-0.25, -0.2) is 29.2 Å². The van der Waals surface area contributed by atoms with Gasteiger partial charge in [-0.05, 0) is 60.4 Å². The summed E-state index contributed by atoms with van der Waals surface area (Å²) in [4.78, 5) is 82.0. The number of benzene rings is 2. The molecule has 2 aromatic carbocycles. The van der Waals surface area contributed by atoms with Gasteiger partial charge in [-0.1, -0.05) is 24.3 Å². The average Bonchev–Trinajstić information content (AvgIpc) is 3.24. The molecule has 4 rings (SSSR count). The smallest absolute Gasteiger partial charge is 0.412 e. The zero-order chi connectivity index (χ0) is 48.8. The molecule has 4 amide bonds. The van der Waals surface area contributed by atoms with Crippen LogP contribution in [0.4, 0.5) is 21.0 Å². The fourth-order valence-electron chi connectivity index (χ4n) is 6.87. The van der Waals surface area contributed by atoms with Crippen LogP contribution in [-0.2, 0) is 51.0 Å². The monoisotopic (exact) mass is 928 g/mol. The highest BCUT2D eigenvalue weighted by Crippen LogP contribution is 2.29. The van der Waals surface area contributed by atoms with Gasteiger partial charge in [0.25, 0.3) is 0 Å². The second kappa shape index (κ2) is 23.3. The average molecular weight is 929 g/mol.